The minimum absolute atomic E-state index is 0.164. The van der Waals surface area contributed by atoms with Crippen LogP contribution in [0.1, 0.15) is 31.7 Å². The van der Waals surface area contributed by atoms with Gasteiger partial charge in [0.25, 0.3) is 0 Å². The van der Waals surface area contributed by atoms with Crippen molar-refractivity contribution in [2.75, 3.05) is 25.0 Å². The fraction of sp³-hybridized carbons (Fsp3) is 0.643. The van der Waals surface area contributed by atoms with Crippen molar-refractivity contribution in [3.8, 4) is 0 Å². The van der Waals surface area contributed by atoms with Gasteiger partial charge in [0.05, 0.1) is 6.10 Å². The molecule has 0 saturated carbocycles. The molecule has 4 heteroatoms. The minimum Gasteiger partial charge on any atom is -0.392 e. The quantitative estimate of drug-likeness (QED) is 0.836. The second-order valence-electron chi connectivity index (χ2n) is 4.97. The lowest BCUT2D eigenvalue weighted by Gasteiger charge is -2.30. The molecule has 1 atom stereocenters. The molecule has 1 unspecified atom stereocenters. The summed E-state index contributed by atoms with van der Waals surface area (Å²) in [5.74, 6) is 0.986. The zero-order chi connectivity index (χ0) is 12.8. The Kier molecular flexibility index (Phi) is 4.96. The van der Waals surface area contributed by atoms with Crippen molar-refractivity contribution in [1.29, 1.82) is 0 Å². The highest BCUT2D eigenvalue weighted by molar-refractivity contribution is 5.43. The first-order valence-corrected chi connectivity index (χ1v) is 6.87. The number of nitrogens with one attached hydrogen (secondary N) is 1. The standard InChI is InChI=1S/C14H23N3O/c1-2-7-15-14-12(5-3-8-16-14)10-17-9-4-6-13(18)11-17/h3,5,8,13,18H,2,4,6-7,9-11H2,1H3,(H,15,16). The first-order valence-electron chi connectivity index (χ1n) is 6.87. The first kappa shape index (κ1) is 13.3. The molecule has 100 valence electrons. The summed E-state index contributed by atoms with van der Waals surface area (Å²) >= 11 is 0. The van der Waals surface area contributed by atoms with Gasteiger partial charge < -0.3 is 10.4 Å². The van der Waals surface area contributed by atoms with Gasteiger partial charge in [0.15, 0.2) is 0 Å². The van der Waals surface area contributed by atoms with E-state index in [1.807, 2.05) is 12.3 Å². The molecule has 1 aliphatic heterocycles. The number of piperidine rings is 1. The van der Waals surface area contributed by atoms with Crippen molar-refractivity contribution in [3.63, 3.8) is 0 Å². The van der Waals surface area contributed by atoms with Crippen LogP contribution in [0.2, 0.25) is 0 Å². The van der Waals surface area contributed by atoms with Crippen molar-refractivity contribution in [2.24, 2.45) is 0 Å². The van der Waals surface area contributed by atoms with Gasteiger partial charge >= 0.3 is 0 Å². The maximum Gasteiger partial charge on any atom is 0.130 e. The molecule has 0 bridgehead atoms. The Bertz CT molecular complexity index is 370. The topological polar surface area (TPSA) is 48.4 Å². The molecular formula is C14H23N3O. The van der Waals surface area contributed by atoms with Crippen LogP contribution in [-0.2, 0) is 6.54 Å². The summed E-state index contributed by atoms with van der Waals surface area (Å²) in [4.78, 5) is 6.71. The molecule has 18 heavy (non-hydrogen) atoms. The van der Waals surface area contributed by atoms with E-state index in [-0.39, 0.29) is 6.10 Å². The van der Waals surface area contributed by atoms with E-state index in [4.69, 9.17) is 0 Å². The number of pyridine rings is 1. The highest BCUT2D eigenvalue weighted by Gasteiger charge is 2.18. The number of hydrogen-bond donors (Lipinski definition) is 2. The lowest BCUT2D eigenvalue weighted by molar-refractivity contribution is 0.0669. The Morgan fingerprint density at radius 3 is 3.22 bits per heavy atom. The number of hydrogen-bond acceptors (Lipinski definition) is 4. The summed E-state index contributed by atoms with van der Waals surface area (Å²) in [5, 5.41) is 13.1. The number of β-amino-alcohol motifs (C(OH)–C–C–N with tert-alkyl or cyclic N) is 1. The molecule has 1 aliphatic rings. The third kappa shape index (κ3) is 3.68. The highest BCUT2D eigenvalue weighted by atomic mass is 16.3. The highest BCUT2D eigenvalue weighted by Crippen LogP contribution is 2.17. The van der Waals surface area contributed by atoms with E-state index < -0.39 is 0 Å². The molecule has 0 radical (unpaired) electrons. The third-order valence-corrected chi connectivity index (χ3v) is 3.31. The largest absolute Gasteiger partial charge is 0.392 e. The number of rotatable bonds is 5. The van der Waals surface area contributed by atoms with E-state index in [0.29, 0.717) is 0 Å². The van der Waals surface area contributed by atoms with Gasteiger partial charge in [-0.1, -0.05) is 13.0 Å². The second kappa shape index (κ2) is 6.71. The van der Waals surface area contributed by atoms with Gasteiger partial charge in [0, 0.05) is 31.4 Å². The number of aromatic nitrogens is 1. The predicted octanol–water partition coefficient (Wildman–Crippen LogP) is 1.86. The van der Waals surface area contributed by atoms with Crippen LogP contribution in [0.15, 0.2) is 18.3 Å². The van der Waals surface area contributed by atoms with E-state index in [2.05, 4.69) is 28.2 Å². The maximum absolute atomic E-state index is 9.70. The van der Waals surface area contributed by atoms with Gasteiger partial charge in [0.1, 0.15) is 5.82 Å². The number of aliphatic hydroxyl groups excluding tert-OH is 1. The summed E-state index contributed by atoms with van der Waals surface area (Å²) in [6.45, 7) is 5.82. The molecule has 1 aromatic heterocycles. The van der Waals surface area contributed by atoms with Crippen molar-refractivity contribution in [2.45, 2.75) is 38.8 Å². The Labute approximate surface area is 109 Å². The normalized spacial score (nSPS) is 20.9. The van der Waals surface area contributed by atoms with Gasteiger partial charge in [-0.15, -0.1) is 0 Å². The second-order valence-corrected chi connectivity index (χ2v) is 4.97. The van der Waals surface area contributed by atoms with Crippen molar-refractivity contribution >= 4 is 5.82 Å². The number of aliphatic hydroxyl groups is 1. The number of likely N-dealkylation sites (tertiary alicyclic amines) is 1. The molecule has 0 amide bonds. The maximum atomic E-state index is 9.70. The van der Waals surface area contributed by atoms with Gasteiger partial charge in [-0.3, -0.25) is 4.90 Å². The molecule has 2 N–H and O–H groups in total. The summed E-state index contributed by atoms with van der Waals surface area (Å²) in [7, 11) is 0. The fourth-order valence-electron chi connectivity index (χ4n) is 2.38. The van der Waals surface area contributed by atoms with Crippen LogP contribution in [0.4, 0.5) is 5.82 Å². The lowest BCUT2D eigenvalue weighted by Crippen LogP contribution is -2.37. The Morgan fingerprint density at radius 2 is 2.44 bits per heavy atom. The number of nitrogens with zero attached hydrogens (tertiary/aromatic N) is 2. The zero-order valence-electron chi connectivity index (χ0n) is 11.1. The van der Waals surface area contributed by atoms with E-state index in [1.54, 1.807) is 0 Å². The molecule has 2 rings (SSSR count). The minimum atomic E-state index is -0.164. The first-order chi connectivity index (χ1) is 8.79. The van der Waals surface area contributed by atoms with Gasteiger partial charge in [-0.2, -0.15) is 0 Å². The molecular weight excluding hydrogens is 226 g/mol. The van der Waals surface area contributed by atoms with Crippen LogP contribution in [0.5, 0.6) is 0 Å². The van der Waals surface area contributed by atoms with Gasteiger partial charge in [-0.05, 0) is 31.9 Å². The summed E-state index contributed by atoms with van der Waals surface area (Å²) in [5.41, 5.74) is 1.22. The zero-order valence-corrected chi connectivity index (χ0v) is 11.1. The average molecular weight is 249 g/mol. The van der Waals surface area contributed by atoms with Crippen molar-refractivity contribution < 1.29 is 5.11 Å². The van der Waals surface area contributed by atoms with Crippen LogP contribution in [0, 0.1) is 0 Å². The summed E-state index contributed by atoms with van der Waals surface area (Å²) in [6.07, 6.45) is 4.77. The van der Waals surface area contributed by atoms with Crippen LogP contribution >= 0.6 is 0 Å². The lowest BCUT2D eigenvalue weighted by atomic mass is 10.1. The number of anilines is 1. The molecule has 0 aromatic carbocycles. The molecule has 1 aromatic rings. The van der Waals surface area contributed by atoms with E-state index >= 15 is 0 Å². The Balaban J connectivity index is 1.99. The molecule has 1 fully saturated rings. The van der Waals surface area contributed by atoms with Gasteiger partial charge in [0.2, 0.25) is 0 Å². The van der Waals surface area contributed by atoms with Crippen LogP contribution in [0.3, 0.4) is 0 Å². The SMILES string of the molecule is CCCNc1ncccc1CN1CCCC(O)C1. The average Bonchev–Trinajstić information content (AvgIpc) is 2.38. The van der Waals surface area contributed by atoms with Crippen molar-refractivity contribution in [1.82, 2.24) is 9.88 Å². The van der Waals surface area contributed by atoms with E-state index in [1.165, 1.54) is 5.56 Å². The predicted molar refractivity (Wildman–Crippen MR) is 73.5 cm³/mol. The molecule has 1 saturated heterocycles. The molecule has 0 spiro atoms. The summed E-state index contributed by atoms with van der Waals surface area (Å²) < 4.78 is 0. The molecule has 2 heterocycles. The summed E-state index contributed by atoms with van der Waals surface area (Å²) in [6, 6.07) is 4.10. The van der Waals surface area contributed by atoms with E-state index in [9.17, 15) is 5.11 Å². The van der Waals surface area contributed by atoms with Crippen LogP contribution in [-0.4, -0.2) is 40.7 Å². The smallest absolute Gasteiger partial charge is 0.130 e. The van der Waals surface area contributed by atoms with Crippen LogP contribution < -0.4 is 5.32 Å². The van der Waals surface area contributed by atoms with Gasteiger partial charge in [-0.25, -0.2) is 4.98 Å². The van der Waals surface area contributed by atoms with E-state index in [0.717, 1.165) is 51.3 Å². The molecule has 4 nitrogen and oxygen atoms in total. The Morgan fingerprint density at radius 1 is 1.56 bits per heavy atom. The molecule has 0 aliphatic carbocycles. The Hall–Kier alpha value is -1.13. The van der Waals surface area contributed by atoms with Crippen LogP contribution in [0.25, 0.3) is 0 Å². The van der Waals surface area contributed by atoms with Crippen molar-refractivity contribution in [3.05, 3.63) is 23.9 Å². The fourth-order valence-corrected chi connectivity index (χ4v) is 2.38. The monoisotopic (exact) mass is 249 g/mol. The third-order valence-electron chi connectivity index (χ3n) is 3.31.